The van der Waals surface area contributed by atoms with Gasteiger partial charge in [0.25, 0.3) is 0 Å². The van der Waals surface area contributed by atoms with E-state index >= 15 is 0 Å². The van der Waals surface area contributed by atoms with Gasteiger partial charge in [0.15, 0.2) is 0 Å². The molecule has 136 valence electrons. The third-order valence-corrected chi connectivity index (χ3v) is 5.99. The van der Waals surface area contributed by atoms with Gasteiger partial charge in [0.05, 0.1) is 4.90 Å². The minimum Gasteiger partial charge on any atom is -0.299 e. The minimum absolute atomic E-state index is 0.00244. The summed E-state index contributed by atoms with van der Waals surface area (Å²) >= 11 is 7.11. The van der Waals surface area contributed by atoms with Gasteiger partial charge in [-0.1, -0.05) is 49.8 Å². The van der Waals surface area contributed by atoms with Crippen LogP contribution in [0.2, 0.25) is 5.02 Å². The summed E-state index contributed by atoms with van der Waals surface area (Å²) in [6.07, 6.45) is 0.711. The van der Waals surface area contributed by atoms with Gasteiger partial charge >= 0.3 is 0 Å². The maximum Gasteiger partial charge on any atom is 0.244 e. The largest absolute Gasteiger partial charge is 0.299 e. The first-order valence-corrected chi connectivity index (χ1v) is 10.3. The van der Waals surface area contributed by atoms with Crippen LogP contribution in [0.25, 0.3) is 0 Å². The van der Waals surface area contributed by atoms with Gasteiger partial charge < -0.3 is 0 Å². The fraction of sp³-hybridized carbons (Fsp3) is 0.400. The van der Waals surface area contributed by atoms with E-state index in [1.165, 1.54) is 29.5 Å². The second kappa shape index (κ2) is 8.22. The Hall–Kier alpha value is -1.55. The molecular formula is C15H19ClN4O3S2. The highest BCUT2D eigenvalue weighted by Crippen LogP contribution is 2.19. The summed E-state index contributed by atoms with van der Waals surface area (Å²) in [5.41, 5.74) is 0. The summed E-state index contributed by atoms with van der Waals surface area (Å²) in [5.74, 6) is -0.757. The molecule has 7 nitrogen and oxygen atoms in total. The van der Waals surface area contributed by atoms with Crippen LogP contribution in [0.1, 0.15) is 25.8 Å². The molecule has 1 heterocycles. The molecule has 2 rings (SSSR count). The SMILES string of the molecule is CCc1nnc(NC(=O)[C@@H](NS(=O)(=O)c2cccc(Cl)c2)C(C)C)s1. The van der Waals surface area contributed by atoms with Gasteiger partial charge in [0, 0.05) is 5.02 Å². The lowest BCUT2D eigenvalue weighted by Crippen LogP contribution is -2.47. The molecule has 0 spiro atoms. The lowest BCUT2D eigenvalue weighted by Gasteiger charge is -2.21. The van der Waals surface area contributed by atoms with E-state index in [1.807, 2.05) is 6.92 Å². The topological polar surface area (TPSA) is 101 Å². The van der Waals surface area contributed by atoms with Crippen molar-refractivity contribution in [3.8, 4) is 0 Å². The molecule has 2 N–H and O–H groups in total. The fourth-order valence-corrected chi connectivity index (χ4v) is 4.32. The third kappa shape index (κ3) is 5.21. The van der Waals surface area contributed by atoms with Crippen molar-refractivity contribution in [1.29, 1.82) is 0 Å². The number of nitrogens with zero attached hydrogens (tertiary/aromatic N) is 2. The van der Waals surface area contributed by atoms with Crippen molar-refractivity contribution in [2.24, 2.45) is 5.92 Å². The number of aromatic nitrogens is 2. The molecule has 0 unspecified atom stereocenters. The highest BCUT2D eigenvalue weighted by Gasteiger charge is 2.29. The van der Waals surface area contributed by atoms with E-state index in [4.69, 9.17) is 11.6 Å². The summed E-state index contributed by atoms with van der Waals surface area (Å²) in [4.78, 5) is 12.5. The van der Waals surface area contributed by atoms with Crippen LogP contribution in [0, 0.1) is 5.92 Å². The Kier molecular flexibility index (Phi) is 6.50. The molecule has 1 aromatic carbocycles. The van der Waals surface area contributed by atoms with Crippen LogP contribution in [-0.2, 0) is 21.2 Å². The molecular weight excluding hydrogens is 384 g/mol. The number of hydrogen-bond donors (Lipinski definition) is 2. The fourth-order valence-electron chi connectivity index (χ4n) is 1.99. The second-order valence-corrected chi connectivity index (χ2v) is 8.86. The molecule has 25 heavy (non-hydrogen) atoms. The van der Waals surface area contributed by atoms with Crippen LogP contribution in [0.4, 0.5) is 5.13 Å². The number of amides is 1. The highest BCUT2D eigenvalue weighted by molar-refractivity contribution is 7.89. The number of sulfonamides is 1. The number of anilines is 1. The second-order valence-electron chi connectivity index (χ2n) is 5.64. The van der Waals surface area contributed by atoms with Crippen molar-refractivity contribution in [2.45, 2.75) is 38.1 Å². The summed E-state index contributed by atoms with van der Waals surface area (Å²) in [6.45, 7) is 5.44. The Bertz CT molecular complexity index is 852. The van der Waals surface area contributed by atoms with E-state index in [-0.39, 0.29) is 10.8 Å². The number of hydrogen-bond acceptors (Lipinski definition) is 6. The molecule has 1 amide bonds. The van der Waals surface area contributed by atoms with Gasteiger partial charge in [-0.3, -0.25) is 10.1 Å². The van der Waals surface area contributed by atoms with E-state index in [0.717, 1.165) is 5.01 Å². The van der Waals surface area contributed by atoms with Gasteiger partial charge in [-0.25, -0.2) is 8.42 Å². The number of nitrogens with one attached hydrogen (secondary N) is 2. The van der Waals surface area contributed by atoms with Gasteiger partial charge in [-0.05, 0) is 30.5 Å². The molecule has 10 heteroatoms. The standard InChI is InChI=1S/C15H19ClN4O3S2/c1-4-12-18-19-15(24-12)17-14(21)13(9(2)3)20-25(22,23)11-7-5-6-10(16)8-11/h5-9,13,20H,4H2,1-3H3,(H,17,19,21)/t13-/m0/s1. The molecule has 0 aliphatic heterocycles. The zero-order chi connectivity index (χ0) is 18.6. The van der Waals surface area contributed by atoms with E-state index < -0.39 is 22.0 Å². The van der Waals surface area contributed by atoms with Crippen LogP contribution in [0.15, 0.2) is 29.2 Å². The van der Waals surface area contributed by atoms with Crippen LogP contribution >= 0.6 is 22.9 Å². The number of rotatable bonds is 7. The number of aryl methyl sites for hydroxylation is 1. The summed E-state index contributed by atoms with van der Waals surface area (Å²) in [6, 6.07) is 4.90. The van der Waals surface area contributed by atoms with Crippen molar-refractivity contribution >= 4 is 44.0 Å². The van der Waals surface area contributed by atoms with Gasteiger partial charge in [-0.15, -0.1) is 10.2 Å². The number of carbonyl (C=O) groups excluding carboxylic acids is 1. The molecule has 0 saturated heterocycles. The van der Waals surface area contributed by atoms with Crippen molar-refractivity contribution < 1.29 is 13.2 Å². The molecule has 1 aromatic heterocycles. The lowest BCUT2D eigenvalue weighted by atomic mass is 10.1. The first-order valence-electron chi connectivity index (χ1n) is 7.64. The first kappa shape index (κ1) is 19.8. The van der Waals surface area contributed by atoms with E-state index in [0.29, 0.717) is 16.6 Å². The van der Waals surface area contributed by atoms with E-state index in [2.05, 4.69) is 20.2 Å². The lowest BCUT2D eigenvalue weighted by molar-refractivity contribution is -0.118. The van der Waals surface area contributed by atoms with Crippen LogP contribution in [0.3, 0.4) is 0 Å². The zero-order valence-electron chi connectivity index (χ0n) is 14.0. The van der Waals surface area contributed by atoms with Crippen LogP contribution in [-0.4, -0.2) is 30.6 Å². The molecule has 0 aliphatic rings. The quantitative estimate of drug-likeness (QED) is 0.741. The first-order chi connectivity index (χ1) is 11.7. The van der Waals surface area contributed by atoms with E-state index in [1.54, 1.807) is 19.9 Å². The Morgan fingerprint density at radius 2 is 2.04 bits per heavy atom. The van der Waals surface area contributed by atoms with E-state index in [9.17, 15) is 13.2 Å². The summed E-state index contributed by atoms with van der Waals surface area (Å²) < 4.78 is 27.5. The minimum atomic E-state index is -3.89. The molecule has 0 aliphatic carbocycles. The number of carbonyl (C=O) groups is 1. The Morgan fingerprint density at radius 3 is 2.60 bits per heavy atom. The van der Waals surface area contributed by atoms with Gasteiger partial charge in [0.2, 0.25) is 21.1 Å². The Balaban J connectivity index is 2.18. The summed E-state index contributed by atoms with van der Waals surface area (Å²) in [5, 5.41) is 11.8. The number of halogens is 1. The molecule has 2 aromatic rings. The molecule has 0 radical (unpaired) electrons. The zero-order valence-corrected chi connectivity index (χ0v) is 16.4. The summed E-state index contributed by atoms with van der Waals surface area (Å²) in [7, 11) is -3.89. The average molecular weight is 403 g/mol. The molecule has 0 fully saturated rings. The molecule has 0 saturated carbocycles. The average Bonchev–Trinajstić information content (AvgIpc) is 3.00. The Morgan fingerprint density at radius 1 is 1.32 bits per heavy atom. The maximum atomic E-state index is 12.5. The van der Waals surface area contributed by atoms with Crippen molar-refractivity contribution in [2.75, 3.05) is 5.32 Å². The molecule has 1 atom stereocenters. The number of benzene rings is 1. The predicted molar refractivity (Wildman–Crippen MR) is 98.3 cm³/mol. The predicted octanol–water partition coefficient (Wildman–Crippen LogP) is 2.70. The monoisotopic (exact) mass is 402 g/mol. The smallest absolute Gasteiger partial charge is 0.244 e. The van der Waals surface area contributed by atoms with Gasteiger partial charge in [-0.2, -0.15) is 4.72 Å². The van der Waals surface area contributed by atoms with Crippen molar-refractivity contribution in [3.05, 3.63) is 34.3 Å². The highest BCUT2D eigenvalue weighted by atomic mass is 35.5. The van der Waals surface area contributed by atoms with Crippen molar-refractivity contribution in [1.82, 2.24) is 14.9 Å². The normalized spacial score (nSPS) is 13.0. The van der Waals surface area contributed by atoms with Crippen LogP contribution in [0.5, 0.6) is 0 Å². The maximum absolute atomic E-state index is 12.5. The molecule has 0 bridgehead atoms. The van der Waals surface area contributed by atoms with Crippen LogP contribution < -0.4 is 10.0 Å². The van der Waals surface area contributed by atoms with Gasteiger partial charge in [0.1, 0.15) is 11.0 Å². The van der Waals surface area contributed by atoms with Crippen molar-refractivity contribution in [3.63, 3.8) is 0 Å². The Labute approximate surface area is 155 Å². The third-order valence-electron chi connectivity index (χ3n) is 3.34.